The number of hydrogen-bond donors (Lipinski definition) is 1. The summed E-state index contributed by atoms with van der Waals surface area (Å²) >= 11 is 0. The number of halogens is 3. The van der Waals surface area contributed by atoms with Gasteiger partial charge in [-0.05, 0) is 43.4 Å². The van der Waals surface area contributed by atoms with Crippen molar-refractivity contribution in [3.63, 3.8) is 0 Å². The molecular formula is C22H20F3N5O. The first kappa shape index (κ1) is 19.7. The Morgan fingerprint density at radius 3 is 2.71 bits per heavy atom. The van der Waals surface area contributed by atoms with Gasteiger partial charge in [-0.25, -0.2) is 4.52 Å². The molecule has 6 nitrogen and oxygen atoms in total. The van der Waals surface area contributed by atoms with Crippen LogP contribution in [0.25, 0.3) is 16.9 Å². The maximum atomic E-state index is 12.6. The Hall–Kier alpha value is -3.20. The van der Waals surface area contributed by atoms with Crippen LogP contribution in [0.1, 0.15) is 34.7 Å². The Morgan fingerprint density at radius 1 is 1.16 bits per heavy atom. The molecule has 0 amide bonds. The second kappa shape index (κ2) is 7.49. The van der Waals surface area contributed by atoms with E-state index in [0.29, 0.717) is 18.2 Å². The molecule has 0 saturated heterocycles. The second-order valence-corrected chi connectivity index (χ2v) is 7.90. The first-order valence-corrected chi connectivity index (χ1v) is 10.1. The van der Waals surface area contributed by atoms with Gasteiger partial charge >= 0.3 is 12.1 Å². The molecule has 5 rings (SSSR count). The van der Waals surface area contributed by atoms with Gasteiger partial charge in [-0.15, -0.1) is 0 Å². The van der Waals surface area contributed by atoms with Crippen LogP contribution < -0.4 is 5.32 Å². The van der Waals surface area contributed by atoms with Crippen LogP contribution in [0.5, 0.6) is 0 Å². The number of alkyl halides is 3. The monoisotopic (exact) mass is 427 g/mol. The quantitative estimate of drug-likeness (QED) is 0.524. The van der Waals surface area contributed by atoms with Crippen LogP contribution in [-0.2, 0) is 25.6 Å². The number of rotatable bonds is 4. The van der Waals surface area contributed by atoms with Crippen molar-refractivity contribution >= 4 is 5.52 Å². The third-order valence-electron chi connectivity index (χ3n) is 5.62. The molecule has 0 bridgehead atoms. The van der Waals surface area contributed by atoms with Crippen LogP contribution >= 0.6 is 0 Å². The summed E-state index contributed by atoms with van der Waals surface area (Å²) in [5, 5.41) is 11.7. The van der Waals surface area contributed by atoms with Gasteiger partial charge in [0, 0.05) is 29.9 Å². The lowest BCUT2D eigenvalue weighted by Gasteiger charge is -2.23. The molecule has 160 valence electrons. The molecule has 0 radical (unpaired) electrons. The van der Waals surface area contributed by atoms with Crippen molar-refractivity contribution in [3.8, 4) is 11.4 Å². The molecule has 4 aromatic rings. The molecule has 1 aromatic carbocycles. The van der Waals surface area contributed by atoms with E-state index in [2.05, 4.69) is 45.2 Å². The average molecular weight is 427 g/mol. The van der Waals surface area contributed by atoms with Gasteiger partial charge in [-0.1, -0.05) is 35.5 Å². The third kappa shape index (κ3) is 3.93. The highest BCUT2D eigenvalue weighted by Gasteiger charge is 2.38. The molecule has 1 atom stereocenters. The van der Waals surface area contributed by atoms with Gasteiger partial charge < -0.3 is 9.84 Å². The van der Waals surface area contributed by atoms with Crippen LogP contribution in [0.2, 0.25) is 0 Å². The Labute approximate surface area is 176 Å². The highest BCUT2D eigenvalue weighted by molar-refractivity contribution is 5.58. The Balaban J connectivity index is 1.24. The number of benzene rings is 1. The molecule has 1 aliphatic rings. The lowest BCUT2D eigenvalue weighted by atomic mass is 9.92. The number of aryl methyl sites for hydroxylation is 2. The van der Waals surface area contributed by atoms with Gasteiger partial charge in [0.2, 0.25) is 5.82 Å². The molecule has 1 aliphatic carbocycles. The summed E-state index contributed by atoms with van der Waals surface area (Å²) < 4.78 is 44.1. The van der Waals surface area contributed by atoms with E-state index in [1.165, 1.54) is 16.8 Å². The molecule has 9 heteroatoms. The molecule has 0 saturated carbocycles. The molecule has 1 N–H and O–H groups in total. The fourth-order valence-electron chi connectivity index (χ4n) is 4.00. The molecule has 31 heavy (non-hydrogen) atoms. The molecule has 0 spiro atoms. The zero-order valence-corrected chi connectivity index (χ0v) is 16.8. The summed E-state index contributed by atoms with van der Waals surface area (Å²) in [4.78, 5) is 3.42. The predicted octanol–water partition coefficient (Wildman–Crippen LogP) is 4.36. The van der Waals surface area contributed by atoms with E-state index in [9.17, 15) is 13.2 Å². The summed E-state index contributed by atoms with van der Waals surface area (Å²) in [5.41, 5.74) is 6.33. The van der Waals surface area contributed by atoms with E-state index < -0.39 is 12.1 Å². The van der Waals surface area contributed by atoms with E-state index in [1.54, 1.807) is 12.1 Å². The Kier molecular flexibility index (Phi) is 4.77. The highest BCUT2D eigenvalue weighted by atomic mass is 19.4. The number of aromatic nitrogens is 4. The first-order valence-electron chi connectivity index (χ1n) is 10.1. The molecule has 0 fully saturated rings. The van der Waals surface area contributed by atoms with Crippen LogP contribution in [0.4, 0.5) is 13.2 Å². The van der Waals surface area contributed by atoms with E-state index in [4.69, 9.17) is 5.10 Å². The van der Waals surface area contributed by atoms with Gasteiger partial charge in [0.1, 0.15) is 0 Å². The topological polar surface area (TPSA) is 68.2 Å². The van der Waals surface area contributed by atoms with E-state index >= 15 is 0 Å². The molecule has 3 aromatic heterocycles. The average Bonchev–Trinajstić information content (AvgIpc) is 3.37. The van der Waals surface area contributed by atoms with E-state index in [0.717, 1.165) is 30.3 Å². The molecular weight excluding hydrogens is 407 g/mol. The minimum atomic E-state index is -4.64. The van der Waals surface area contributed by atoms with Crippen molar-refractivity contribution in [1.82, 2.24) is 25.1 Å². The summed E-state index contributed by atoms with van der Waals surface area (Å²) in [7, 11) is 0. The predicted molar refractivity (Wildman–Crippen MR) is 107 cm³/mol. The van der Waals surface area contributed by atoms with Gasteiger partial charge in [-0.3, -0.25) is 0 Å². The summed E-state index contributed by atoms with van der Waals surface area (Å²) in [6.45, 7) is 2.72. The largest absolute Gasteiger partial charge is 0.471 e. The summed E-state index contributed by atoms with van der Waals surface area (Å²) in [6.07, 6.45) is 0.278. The normalized spacial score (nSPS) is 16.6. The van der Waals surface area contributed by atoms with Gasteiger partial charge in [0.15, 0.2) is 0 Å². The van der Waals surface area contributed by atoms with Gasteiger partial charge in [-0.2, -0.15) is 23.3 Å². The lowest BCUT2D eigenvalue weighted by molar-refractivity contribution is -0.159. The number of fused-ring (bicyclic) bond motifs is 3. The van der Waals surface area contributed by atoms with Crippen LogP contribution in [0.3, 0.4) is 0 Å². The van der Waals surface area contributed by atoms with Crippen molar-refractivity contribution < 1.29 is 17.7 Å². The third-order valence-corrected chi connectivity index (χ3v) is 5.62. The van der Waals surface area contributed by atoms with Crippen LogP contribution in [0.15, 0.2) is 47.1 Å². The van der Waals surface area contributed by atoms with E-state index in [1.807, 2.05) is 16.6 Å². The second-order valence-electron chi connectivity index (χ2n) is 7.90. The highest BCUT2D eigenvalue weighted by Crippen LogP contribution is 2.29. The molecule has 0 aliphatic heterocycles. The fourth-order valence-corrected chi connectivity index (χ4v) is 4.00. The number of pyridine rings is 1. The maximum absolute atomic E-state index is 12.6. The standard InChI is InChI=1S/C22H20F3N5O/c1-13-2-9-19-17-10-16(7-8-18(17)28-30(19)12-13)26-11-14-3-5-15(6-4-14)20-27-21(31-29-20)22(23,24)25/h2-6,9,12,16,26H,7-8,10-11H2,1H3. The first-order chi connectivity index (χ1) is 14.9. The zero-order valence-electron chi connectivity index (χ0n) is 16.8. The summed E-state index contributed by atoms with van der Waals surface area (Å²) in [5.74, 6) is -1.41. The summed E-state index contributed by atoms with van der Waals surface area (Å²) in [6, 6.07) is 11.7. The van der Waals surface area contributed by atoms with Crippen molar-refractivity contribution in [2.75, 3.05) is 0 Å². The van der Waals surface area contributed by atoms with Gasteiger partial charge in [0.05, 0.1) is 11.2 Å². The minimum absolute atomic E-state index is 0.0741. The van der Waals surface area contributed by atoms with Crippen molar-refractivity contribution in [1.29, 1.82) is 0 Å². The lowest BCUT2D eigenvalue weighted by Crippen LogP contribution is -2.33. The van der Waals surface area contributed by atoms with Crippen molar-refractivity contribution in [2.45, 2.75) is 44.9 Å². The number of hydrogen-bond acceptors (Lipinski definition) is 5. The minimum Gasteiger partial charge on any atom is -0.329 e. The fraction of sp³-hybridized carbons (Fsp3) is 0.318. The smallest absolute Gasteiger partial charge is 0.329 e. The molecule has 3 heterocycles. The Bertz CT molecular complexity index is 1230. The van der Waals surface area contributed by atoms with Crippen LogP contribution in [-0.4, -0.2) is 25.8 Å². The van der Waals surface area contributed by atoms with Crippen molar-refractivity contribution in [3.05, 3.63) is 70.9 Å². The Morgan fingerprint density at radius 2 is 1.97 bits per heavy atom. The number of nitrogens with one attached hydrogen (secondary N) is 1. The van der Waals surface area contributed by atoms with Gasteiger partial charge in [0.25, 0.3) is 0 Å². The maximum Gasteiger partial charge on any atom is 0.471 e. The molecule has 1 unspecified atom stereocenters. The number of nitrogens with zero attached hydrogens (tertiary/aromatic N) is 4. The van der Waals surface area contributed by atoms with Crippen LogP contribution in [0, 0.1) is 6.92 Å². The van der Waals surface area contributed by atoms with Crippen molar-refractivity contribution in [2.24, 2.45) is 0 Å². The van der Waals surface area contributed by atoms with E-state index in [-0.39, 0.29) is 5.82 Å². The SMILES string of the molecule is Cc1ccc2c3c(nn2c1)CCC(NCc1ccc(-c2noc(C(F)(F)F)n2)cc1)C3. The zero-order chi connectivity index (χ0) is 21.6.